The van der Waals surface area contributed by atoms with E-state index >= 15 is 0 Å². The molecule has 140 valence electrons. The lowest BCUT2D eigenvalue weighted by Gasteiger charge is -2.17. The highest BCUT2D eigenvalue weighted by Crippen LogP contribution is 2.39. The van der Waals surface area contributed by atoms with Crippen LogP contribution >= 0.6 is 11.8 Å². The maximum atomic E-state index is 12.3. The minimum atomic E-state index is -0.870. The predicted octanol–water partition coefficient (Wildman–Crippen LogP) is 2.43. The van der Waals surface area contributed by atoms with Crippen LogP contribution in [0.25, 0.3) is 0 Å². The first-order valence-electron chi connectivity index (χ1n) is 8.17. The number of ether oxygens (including phenoxy) is 3. The average molecular weight is 371 g/mol. The van der Waals surface area contributed by atoms with Gasteiger partial charge in [-0.1, -0.05) is 0 Å². The summed E-state index contributed by atoms with van der Waals surface area (Å²) in [6.45, 7) is 7.25. The fraction of sp³-hybridized carbons (Fsp3) is 0.529. The Morgan fingerprint density at radius 3 is 2.08 bits per heavy atom. The first-order valence-corrected chi connectivity index (χ1v) is 9.33. The number of rotatable bonds is 12. The van der Waals surface area contributed by atoms with Crippen LogP contribution in [0.1, 0.15) is 31.1 Å². The summed E-state index contributed by atoms with van der Waals surface area (Å²) >= 11 is 1.25. The molecule has 0 aliphatic heterocycles. The van der Waals surface area contributed by atoms with Crippen molar-refractivity contribution < 1.29 is 28.9 Å². The van der Waals surface area contributed by atoms with Gasteiger partial charge in [0, 0.05) is 17.9 Å². The van der Waals surface area contributed by atoms with Crippen molar-refractivity contribution in [3.63, 3.8) is 0 Å². The topological polar surface area (TPSA) is 94.1 Å². The van der Waals surface area contributed by atoms with Gasteiger partial charge in [0.1, 0.15) is 0 Å². The van der Waals surface area contributed by atoms with E-state index in [2.05, 4.69) is 5.32 Å². The Labute approximate surface area is 152 Å². The van der Waals surface area contributed by atoms with E-state index < -0.39 is 5.97 Å². The molecule has 2 N–H and O–H groups in total. The van der Waals surface area contributed by atoms with Gasteiger partial charge < -0.3 is 24.6 Å². The van der Waals surface area contributed by atoms with Gasteiger partial charge in [0.05, 0.1) is 25.6 Å². The second kappa shape index (κ2) is 11.5. The molecule has 0 radical (unpaired) electrons. The van der Waals surface area contributed by atoms with Crippen molar-refractivity contribution in [1.29, 1.82) is 0 Å². The first kappa shape index (κ1) is 21.0. The SMILES string of the molecule is CCOc1cc(C(=O)NCCSCC(=O)O)cc(OCC)c1OCC. The number of aliphatic carboxylic acids is 1. The highest BCUT2D eigenvalue weighted by molar-refractivity contribution is 7.99. The Morgan fingerprint density at radius 2 is 1.60 bits per heavy atom. The highest BCUT2D eigenvalue weighted by atomic mass is 32.2. The minimum Gasteiger partial charge on any atom is -0.490 e. The lowest BCUT2D eigenvalue weighted by atomic mass is 10.1. The molecule has 0 heterocycles. The van der Waals surface area contributed by atoms with Gasteiger partial charge in [-0.15, -0.1) is 11.8 Å². The van der Waals surface area contributed by atoms with Crippen LogP contribution in [0.5, 0.6) is 17.2 Å². The van der Waals surface area contributed by atoms with Gasteiger partial charge in [-0.2, -0.15) is 0 Å². The van der Waals surface area contributed by atoms with Crippen LogP contribution in [0.3, 0.4) is 0 Å². The standard InChI is InChI=1S/C17H25NO6S/c1-4-22-13-9-12(10-14(23-5-2)16(13)24-6-3)17(21)18-7-8-25-11-15(19)20/h9-10H,4-8,11H2,1-3H3,(H,18,21)(H,19,20). The van der Waals surface area contributed by atoms with Crippen LogP contribution in [0, 0.1) is 0 Å². The number of nitrogens with one attached hydrogen (secondary N) is 1. The Morgan fingerprint density at radius 1 is 1.04 bits per heavy atom. The number of carbonyl (C=O) groups is 2. The number of hydrogen-bond acceptors (Lipinski definition) is 6. The van der Waals surface area contributed by atoms with E-state index in [9.17, 15) is 9.59 Å². The average Bonchev–Trinajstić information content (AvgIpc) is 2.57. The van der Waals surface area contributed by atoms with E-state index in [1.807, 2.05) is 20.8 Å². The van der Waals surface area contributed by atoms with Crippen molar-refractivity contribution >= 4 is 23.6 Å². The molecule has 1 amide bonds. The number of amides is 1. The van der Waals surface area contributed by atoms with Crippen LogP contribution in [0.15, 0.2) is 12.1 Å². The molecule has 0 atom stereocenters. The zero-order chi connectivity index (χ0) is 18.7. The van der Waals surface area contributed by atoms with Crippen LogP contribution in [-0.2, 0) is 4.79 Å². The van der Waals surface area contributed by atoms with Crippen molar-refractivity contribution in [3.05, 3.63) is 17.7 Å². The lowest BCUT2D eigenvalue weighted by Crippen LogP contribution is -2.26. The summed E-state index contributed by atoms with van der Waals surface area (Å²) < 4.78 is 16.8. The molecular formula is C17H25NO6S. The second-order valence-corrected chi connectivity index (χ2v) is 5.91. The Kier molecular flexibility index (Phi) is 9.61. The molecule has 0 spiro atoms. The molecule has 1 aromatic rings. The summed E-state index contributed by atoms with van der Waals surface area (Å²) in [5.74, 6) is 0.792. The number of benzene rings is 1. The second-order valence-electron chi connectivity index (χ2n) is 4.80. The minimum absolute atomic E-state index is 0.0158. The van der Waals surface area contributed by atoms with E-state index in [-0.39, 0.29) is 11.7 Å². The van der Waals surface area contributed by atoms with E-state index in [0.29, 0.717) is 54.9 Å². The van der Waals surface area contributed by atoms with Crippen LogP contribution in [-0.4, -0.2) is 54.9 Å². The molecule has 8 heteroatoms. The Hall–Kier alpha value is -2.09. The van der Waals surface area contributed by atoms with E-state index in [1.165, 1.54) is 11.8 Å². The Bertz CT molecular complexity index is 551. The monoisotopic (exact) mass is 371 g/mol. The number of thioether (sulfide) groups is 1. The summed E-state index contributed by atoms with van der Waals surface area (Å²) in [5.41, 5.74) is 0.401. The van der Waals surface area contributed by atoms with Gasteiger partial charge in [-0.25, -0.2) is 0 Å². The molecule has 1 rings (SSSR count). The van der Waals surface area contributed by atoms with Crippen LogP contribution < -0.4 is 19.5 Å². The zero-order valence-corrected chi connectivity index (χ0v) is 15.6. The molecule has 7 nitrogen and oxygen atoms in total. The van der Waals surface area contributed by atoms with E-state index in [4.69, 9.17) is 19.3 Å². The summed E-state index contributed by atoms with van der Waals surface area (Å²) in [6.07, 6.45) is 0. The van der Waals surface area contributed by atoms with Gasteiger partial charge in [0.2, 0.25) is 5.75 Å². The zero-order valence-electron chi connectivity index (χ0n) is 14.8. The third-order valence-corrected chi connectivity index (χ3v) is 3.87. The summed E-state index contributed by atoms with van der Waals surface area (Å²) in [4.78, 5) is 22.8. The fourth-order valence-corrected chi connectivity index (χ4v) is 2.58. The van der Waals surface area contributed by atoms with Gasteiger partial charge >= 0.3 is 5.97 Å². The van der Waals surface area contributed by atoms with Gasteiger partial charge in [-0.05, 0) is 32.9 Å². The normalized spacial score (nSPS) is 10.2. The molecule has 0 saturated heterocycles. The number of carboxylic acid groups (broad SMARTS) is 1. The largest absolute Gasteiger partial charge is 0.490 e. The van der Waals surface area contributed by atoms with Gasteiger partial charge in [0.25, 0.3) is 5.91 Å². The molecule has 0 bridgehead atoms. The maximum Gasteiger partial charge on any atom is 0.313 e. The van der Waals surface area contributed by atoms with E-state index in [0.717, 1.165) is 0 Å². The molecule has 0 unspecified atom stereocenters. The summed E-state index contributed by atoms with van der Waals surface area (Å²) in [6, 6.07) is 3.24. The molecule has 0 fully saturated rings. The summed E-state index contributed by atoms with van der Waals surface area (Å²) in [5, 5.41) is 11.3. The molecule has 0 saturated carbocycles. The molecule has 0 aliphatic carbocycles. The first-order chi connectivity index (χ1) is 12.0. The molecular weight excluding hydrogens is 346 g/mol. The third-order valence-electron chi connectivity index (χ3n) is 2.93. The third kappa shape index (κ3) is 7.13. The molecule has 1 aromatic carbocycles. The molecule has 25 heavy (non-hydrogen) atoms. The van der Waals surface area contributed by atoms with Crippen molar-refractivity contribution in [1.82, 2.24) is 5.32 Å². The number of hydrogen-bond donors (Lipinski definition) is 2. The van der Waals surface area contributed by atoms with Crippen molar-refractivity contribution in [3.8, 4) is 17.2 Å². The summed E-state index contributed by atoms with van der Waals surface area (Å²) in [7, 11) is 0. The molecule has 0 aromatic heterocycles. The van der Waals surface area contributed by atoms with Crippen molar-refractivity contribution in [2.75, 3.05) is 37.9 Å². The maximum absolute atomic E-state index is 12.3. The van der Waals surface area contributed by atoms with Gasteiger partial charge in [-0.3, -0.25) is 9.59 Å². The number of carboxylic acids is 1. The number of carbonyl (C=O) groups excluding carboxylic acids is 1. The highest BCUT2D eigenvalue weighted by Gasteiger charge is 2.18. The predicted molar refractivity (Wildman–Crippen MR) is 97.2 cm³/mol. The smallest absolute Gasteiger partial charge is 0.313 e. The van der Waals surface area contributed by atoms with Gasteiger partial charge in [0.15, 0.2) is 11.5 Å². The Balaban J connectivity index is 2.86. The van der Waals surface area contributed by atoms with Crippen LogP contribution in [0.2, 0.25) is 0 Å². The quantitative estimate of drug-likeness (QED) is 0.545. The van der Waals surface area contributed by atoms with E-state index in [1.54, 1.807) is 12.1 Å². The van der Waals surface area contributed by atoms with Crippen LogP contribution in [0.4, 0.5) is 0 Å². The molecule has 0 aliphatic rings. The van der Waals surface area contributed by atoms with Crippen molar-refractivity contribution in [2.45, 2.75) is 20.8 Å². The van der Waals surface area contributed by atoms with Crippen molar-refractivity contribution in [2.24, 2.45) is 0 Å². The fourth-order valence-electron chi connectivity index (χ4n) is 2.02. The lowest BCUT2D eigenvalue weighted by molar-refractivity contribution is -0.133.